The first-order chi connectivity index (χ1) is 9.76. The summed E-state index contributed by atoms with van der Waals surface area (Å²) in [5.74, 6) is 0.710. The summed E-state index contributed by atoms with van der Waals surface area (Å²) in [6.45, 7) is 2.98. The second kappa shape index (κ2) is 7.08. The van der Waals surface area contributed by atoms with E-state index in [0.29, 0.717) is 13.2 Å². The molecule has 3 nitrogen and oxygen atoms in total. The fourth-order valence-electron chi connectivity index (χ4n) is 2.31. The van der Waals surface area contributed by atoms with Crippen molar-refractivity contribution in [1.29, 1.82) is 0 Å². The van der Waals surface area contributed by atoms with Crippen LogP contribution in [0, 0.1) is 0 Å². The molecule has 3 heteroatoms. The van der Waals surface area contributed by atoms with Gasteiger partial charge in [-0.2, -0.15) is 0 Å². The van der Waals surface area contributed by atoms with Crippen LogP contribution in [0.1, 0.15) is 30.1 Å². The summed E-state index contributed by atoms with van der Waals surface area (Å²) in [6.07, 6.45) is -0.613. The lowest BCUT2D eigenvalue weighted by atomic mass is 9.89. The molecule has 106 valence electrons. The molecule has 0 aliphatic carbocycles. The van der Waals surface area contributed by atoms with Crippen molar-refractivity contribution in [2.24, 2.45) is 5.73 Å². The largest absolute Gasteiger partial charge is 0.494 e. The van der Waals surface area contributed by atoms with E-state index in [-0.39, 0.29) is 5.92 Å². The van der Waals surface area contributed by atoms with E-state index in [0.717, 1.165) is 16.9 Å². The standard InChI is InChI=1S/C17H21NO2/c1-2-20-15-10-8-14(9-11-15)17(19)16(12-18)13-6-4-3-5-7-13/h3-11,16-17,19H,2,12,18H2,1H3. The molecule has 0 aromatic heterocycles. The summed E-state index contributed by atoms with van der Waals surface area (Å²) in [4.78, 5) is 0. The summed E-state index contributed by atoms with van der Waals surface area (Å²) in [7, 11) is 0. The van der Waals surface area contributed by atoms with Gasteiger partial charge in [0.2, 0.25) is 0 Å². The molecule has 3 N–H and O–H groups in total. The lowest BCUT2D eigenvalue weighted by Crippen LogP contribution is -2.20. The van der Waals surface area contributed by atoms with Gasteiger partial charge in [0.05, 0.1) is 12.7 Å². The summed E-state index contributed by atoms with van der Waals surface area (Å²) in [5, 5.41) is 10.5. The SMILES string of the molecule is CCOc1ccc(C(O)C(CN)c2ccccc2)cc1. The third-order valence-corrected chi connectivity index (χ3v) is 3.40. The number of aliphatic hydroxyl groups is 1. The number of ether oxygens (including phenoxy) is 1. The molecule has 0 bridgehead atoms. The van der Waals surface area contributed by atoms with Crippen molar-refractivity contribution in [2.45, 2.75) is 18.9 Å². The normalized spacial score (nSPS) is 13.8. The minimum absolute atomic E-state index is 0.103. The zero-order valence-corrected chi connectivity index (χ0v) is 11.7. The van der Waals surface area contributed by atoms with Gasteiger partial charge in [0, 0.05) is 12.5 Å². The van der Waals surface area contributed by atoms with Gasteiger partial charge in [0.1, 0.15) is 5.75 Å². The molecule has 0 radical (unpaired) electrons. The maximum absolute atomic E-state index is 10.5. The average Bonchev–Trinajstić information content (AvgIpc) is 2.50. The average molecular weight is 271 g/mol. The molecule has 0 fully saturated rings. The Hall–Kier alpha value is -1.84. The molecule has 0 aliphatic heterocycles. The molecule has 0 saturated heterocycles. The second-order valence-electron chi connectivity index (χ2n) is 4.70. The molecular formula is C17H21NO2. The summed E-state index contributed by atoms with van der Waals surface area (Å²) >= 11 is 0. The molecule has 2 atom stereocenters. The van der Waals surface area contributed by atoms with Crippen LogP contribution < -0.4 is 10.5 Å². The number of rotatable bonds is 6. The number of nitrogens with two attached hydrogens (primary N) is 1. The Kier molecular flexibility index (Phi) is 5.16. The van der Waals surface area contributed by atoms with E-state index in [1.165, 1.54) is 0 Å². The van der Waals surface area contributed by atoms with Crippen LogP contribution in [-0.2, 0) is 0 Å². The minimum Gasteiger partial charge on any atom is -0.494 e. The Bertz CT molecular complexity index is 510. The van der Waals surface area contributed by atoms with E-state index in [1.807, 2.05) is 61.5 Å². The lowest BCUT2D eigenvalue weighted by Gasteiger charge is -2.22. The Morgan fingerprint density at radius 2 is 1.65 bits per heavy atom. The topological polar surface area (TPSA) is 55.5 Å². The number of hydrogen-bond acceptors (Lipinski definition) is 3. The van der Waals surface area contributed by atoms with E-state index in [2.05, 4.69) is 0 Å². The van der Waals surface area contributed by atoms with Crippen LogP contribution in [0.5, 0.6) is 5.75 Å². The predicted molar refractivity (Wildman–Crippen MR) is 80.8 cm³/mol. The van der Waals surface area contributed by atoms with Gasteiger partial charge in [-0.3, -0.25) is 0 Å². The van der Waals surface area contributed by atoms with Gasteiger partial charge in [-0.15, -0.1) is 0 Å². The van der Waals surface area contributed by atoms with Gasteiger partial charge in [-0.1, -0.05) is 42.5 Å². The first kappa shape index (κ1) is 14.6. The van der Waals surface area contributed by atoms with E-state index in [9.17, 15) is 5.11 Å². The van der Waals surface area contributed by atoms with Gasteiger partial charge < -0.3 is 15.6 Å². The van der Waals surface area contributed by atoms with Crippen LogP contribution in [0.15, 0.2) is 54.6 Å². The van der Waals surface area contributed by atoms with Crippen LogP contribution in [0.2, 0.25) is 0 Å². The predicted octanol–water partition coefficient (Wildman–Crippen LogP) is 2.86. The fourth-order valence-corrected chi connectivity index (χ4v) is 2.31. The molecule has 2 rings (SSSR count). The number of hydrogen-bond donors (Lipinski definition) is 2. The van der Waals surface area contributed by atoms with Crippen molar-refractivity contribution in [2.75, 3.05) is 13.2 Å². The smallest absolute Gasteiger partial charge is 0.119 e. The first-order valence-electron chi connectivity index (χ1n) is 6.92. The first-order valence-corrected chi connectivity index (χ1v) is 6.92. The minimum atomic E-state index is -0.613. The highest BCUT2D eigenvalue weighted by Gasteiger charge is 2.21. The van der Waals surface area contributed by atoms with Gasteiger partial charge in [0.25, 0.3) is 0 Å². The molecule has 20 heavy (non-hydrogen) atoms. The molecule has 2 aromatic carbocycles. The van der Waals surface area contributed by atoms with Crippen LogP contribution in [0.25, 0.3) is 0 Å². The second-order valence-corrected chi connectivity index (χ2v) is 4.70. The molecule has 0 saturated carbocycles. The van der Waals surface area contributed by atoms with Crippen LogP contribution in [0.4, 0.5) is 0 Å². The maximum atomic E-state index is 10.5. The van der Waals surface area contributed by atoms with Crippen molar-refractivity contribution in [3.05, 3.63) is 65.7 Å². The van der Waals surface area contributed by atoms with E-state index >= 15 is 0 Å². The molecule has 0 aliphatic rings. The van der Waals surface area contributed by atoms with Gasteiger partial charge >= 0.3 is 0 Å². The van der Waals surface area contributed by atoms with E-state index in [1.54, 1.807) is 0 Å². The lowest BCUT2D eigenvalue weighted by molar-refractivity contribution is 0.147. The van der Waals surface area contributed by atoms with Gasteiger partial charge in [-0.05, 0) is 30.2 Å². The van der Waals surface area contributed by atoms with Crippen molar-refractivity contribution in [1.82, 2.24) is 0 Å². The monoisotopic (exact) mass is 271 g/mol. The van der Waals surface area contributed by atoms with Crippen LogP contribution in [0.3, 0.4) is 0 Å². The molecule has 2 unspecified atom stereocenters. The van der Waals surface area contributed by atoms with Crippen LogP contribution in [-0.4, -0.2) is 18.3 Å². The Morgan fingerprint density at radius 1 is 1.00 bits per heavy atom. The highest BCUT2D eigenvalue weighted by atomic mass is 16.5. The number of aliphatic hydroxyl groups excluding tert-OH is 1. The quantitative estimate of drug-likeness (QED) is 0.849. The summed E-state index contributed by atoms with van der Waals surface area (Å²) < 4.78 is 5.41. The molecule has 0 spiro atoms. The number of benzene rings is 2. The van der Waals surface area contributed by atoms with E-state index in [4.69, 9.17) is 10.5 Å². The fraction of sp³-hybridized carbons (Fsp3) is 0.294. The molecule has 0 heterocycles. The van der Waals surface area contributed by atoms with Crippen LogP contribution >= 0.6 is 0 Å². The third kappa shape index (κ3) is 3.38. The zero-order valence-electron chi connectivity index (χ0n) is 11.7. The van der Waals surface area contributed by atoms with Crippen molar-refractivity contribution < 1.29 is 9.84 Å². The molecule has 2 aromatic rings. The Labute approximate surface area is 120 Å². The summed E-state index contributed by atoms with van der Waals surface area (Å²) in [6, 6.07) is 17.4. The van der Waals surface area contributed by atoms with Crippen molar-refractivity contribution >= 4 is 0 Å². The Balaban J connectivity index is 2.18. The molecular weight excluding hydrogens is 250 g/mol. The summed E-state index contributed by atoms with van der Waals surface area (Å²) in [5.41, 5.74) is 7.74. The van der Waals surface area contributed by atoms with Gasteiger partial charge in [0.15, 0.2) is 0 Å². The highest BCUT2D eigenvalue weighted by Crippen LogP contribution is 2.30. The zero-order chi connectivity index (χ0) is 14.4. The van der Waals surface area contributed by atoms with Crippen molar-refractivity contribution in [3.63, 3.8) is 0 Å². The van der Waals surface area contributed by atoms with E-state index < -0.39 is 6.10 Å². The van der Waals surface area contributed by atoms with Gasteiger partial charge in [-0.25, -0.2) is 0 Å². The molecule has 0 amide bonds. The maximum Gasteiger partial charge on any atom is 0.119 e. The third-order valence-electron chi connectivity index (χ3n) is 3.40. The van der Waals surface area contributed by atoms with Crippen molar-refractivity contribution in [3.8, 4) is 5.75 Å². The Morgan fingerprint density at radius 3 is 2.20 bits per heavy atom. The highest BCUT2D eigenvalue weighted by molar-refractivity contribution is 5.31.